The van der Waals surface area contributed by atoms with E-state index in [2.05, 4.69) is 18.7 Å². The van der Waals surface area contributed by atoms with E-state index in [0.717, 1.165) is 32.1 Å². The molecular weight excluding hydrogens is 286 g/mol. The number of nitrogens with zero attached hydrogens (tertiary/aromatic N) is 1. The standard InChI is InChI=1S/C20H23NO2/c1-13-5-8-20-18-10-7-16(23-14(2)22)12-15(18)6-9-19(20)17(13)4-3-11-21/h7,10,12,17,19-20H,1,3-6,8-9H2,2H3/t17-,19+,20-/m1/s1. The molecule has 0 aromatic heterocycles. The zero-order chi connectivity index (χ0) is 16.4. The normalized spacial score (nSPS) is 25.9. The van der Waals surface area contributed by atoms with Gasteiger partial charge in [0.25, 0.3) is 0 Å². The second-order valence-corrected chi connectivity index (χ2v) is 6.76. The van der Waals surface area contributed by atoms with E-state index in [4.69, 9.17) is 10.00 Å². The minimum atomic E-state index is -0.274. The summed E-state index contributed by atoms with van der Waals surface area (Å²) in [6.45, 7) is 5.71. The van der Waals surface area contributed by atoms with Gasteiger partial charge in [0.1, 0.15) is 5.75 Å². The molecule has 1 aromatic rings. The molecule has 3 rings (SSSR count). The second kappa shape index (κ2) is 6.58. The first-order valence-electron chi connectivity index (χ1n) is 8.46. The first-order valence-corrected chi connectivity index (χ1v) is 8.46. The van der Waals surface area contributed by atoms with Gasteiger partial charge in [-0.25, -0.2) is 0 Å². The van der Waals surface area contributed by atoms with Crippen LogP contribution < -0.4 is 4.74 Å². The molecule has 0 aliphatic heterocycles. The van der Waals surface area contributed by atoms with Crippen molar-refractivity contribution in [2.24, 2.45) is 11.8 Å². The maximum atomic E-state index is 11.1. The van der Waals surface area contributed by atoms with Gasteiger partial charge in [-0.05, 0) is 73.1 Å². The summed E-state index contributed by atoms with van der Waals surface area (Å²) in [5.74, 6) is 2.02. The van der Waals surface area contributed by atoms with E-state index in [0.29, 0.717) is 29.9 Å². The molecule has 2 aliphatic carbocycles. The Morgan fingerprint density at radius 3 is 2.96 bits per heavy atom. The monoisotopic (exact) mass is 309 g/mol. The Morgan fingerprint density at radius 1 is 1.39 bits per heavy atom. The molecule has 0 amide bonds. The van der Waals surface area contributed by atoms with Gasteiger partial charge >= 0.3 is 5.97 Å². The average Bonchev–Trinajstić information content (AvgIpc) is 2.52. The molecule has 0 N–H and O–H groups in total. The summed E-state index contributed by atoms with van der Waals surface area (Å²) in [6, 6.07) is 8.37. The van der Waals surface area contributed by atoms with E-state index in [1.807, 2.05) is 12.1 Å². The molecule has 0 bridgehead atoms. The Kier molecular flexibility index (Phi) is 4.52. The number of nitriles is 1. The summed E-state index contributed by atoms with van der Waals surface area (Å²) in [7, 11) is 0. The SMILES string of the molecule is C=C1CC[C@@H]2c3ccc(OC(C)=O)cc3CC[C@H]2[C@@H]1CCC#N. The van der Waals surface area contributed by atoms with Crippen molar-refractivity contribution in [2.45, 2.75) is 51.4 Å². The van der Waals surface area contributed by atoms with Crippen LogP contribution >= 0.6 is 0 Å². The second-order valence-electron chi connectivity index (χ2n) is 6.76. The largest absolute Gasteiger partial charge is 0.427 e. The number of allylic oxidation sites excluding steroid dienone is 1. The van der Waals surface area contributed by atoms with Gasteiger partial charge in [0, 0.05) is 13.3 Å². The lowest BCUT2D eigenvalue weighted by Crippen LogP contribution is -2.32. The fourth-order valence-corrected chi connectivity index (χ4v) is 4.46. The maximum absolute atomic E-state index is 11.1. The third-order valence-electron chi connectivity index (χ3n) is 5.42. The van der Waals surface area contributed by atoms with E-state index in [1.54, 1.807) is 0 Å². The highest BCUT2D eigenvalue weighted by Crippen LogP contribution is 2.51. The van der Waals surface area contributed by atoms with Gasteiger partial charge in [0.15, 0.2) is 0 Å². The van der Waals surface area contributed by atoms with Crippen molar-refractivity contribution in [3.8, 4) is 11.8 Å². The number of fused-ring (bicyclic) bond motifs is 3. The van der Waals surface area contributed by atoms with E-state index in [1.165, 1.54) is 23.6 Å². The Bertz CT molecular complexity index is 671. The summed E-state index contributed by atoms with van der Waals surface area (Å²) in [5.41, 5.74) is 4.06. The van der Waals surface area contributed by atoms with Crippen molar-refractivity contribution < 1.29 is 9.53 Å². The molecule has 3 nitrogen and oxygen atoms in total. The first kappa shape index (κ1) is 15.8. The lowest BCUT2D eigenvalue weighted by molar-refractivity contribution is -0.131. The number of hydrogen-bond donors (Lipinski definition) is 0. The van der Waals surface area contributed by atoms with Crippen LogP contribution in [-0.4, -0.2) is 5.97 Å². The van der Waals surface area contributed by atoms with Crippen molar-refractivity contribution in [2.75, 3.05) is 0 Å². The highest BCUT2D eigenvalue weighted by molar-refractivity contribution is 5.69. The number of rotatable bonds is 3. The zero-order valence-electron chi connectivity index (χ0n) is 13.7. The topological polar surface area (TPSA) is 50.1 Å². The molecule has 0 radical (unpaired) electrons. The quantitative estimate of drug-likeness (QED) is 0.468. The van der Waals surface area contributed by atoms with Gasteiger partial charge in [-0.1, -0.05) is 18.2 Å². The van der Waals surface area contributed by atoms with Crippen molar-refractivity contribution in [1.29, 1.82) is 5.26 Å². The van der Waals surface area contributed by atoms with Gasteiger partial charge in [0.05, 0.1) is 6.07 Å². The van der Waals surface area contributed by atoms with Crippen LogP contribution in [0.1, 0.15) is 56.1 Å². The van der Waals surface area contributed by atoms with Crippen LogP contribution in [-0.2, 0) is 11.2 Å². The predicted octanol–water partition coefficient (Wildman–Crippen LogP) is 4.53. The molecule has 23 heavy (non-hydrogen) atoms. The Labute approximate surface area is 138 Å². The average molecular weight is 309 g/mol. The number of aryl methyl sites for hydroxylation is 1. The predicted molar refractivity (Wildman–Crippen MR) is 89.0 cm³/mol. The molecule has 3 atom stereocenters. The third kappa shape index (κ3) is 3.17. The van der Waals surface area contributed by atoms with Gasteiger partial charge in [-0.2, -0.15) is 5.26 Å². The molecule has 0 spiro atoms. The zero-order valence-corrected chi connectivity index (χ0v) is 13.7. The summed E-state index contributed by atoms with van der Waals surface area (Å²) in [5, 5.41) is 8.92. The maximum Gasteiger partial charge on any atom is 0.308 e. The molecular formula is C20H23NO2. The fourth-order valence-electron chi connectivity index (χ4n) is 4.46. The lowest BCUT2D eigenvalue weighted by Gasteiger charge is -2.43. The lowest BCUT2D eigenvalue weighted by atomic mass is 9.61. The minimum Gasteiger partial charge on any atom is -0.427 e. The first-order chi connectivity index (χ1) is 11.1. The van der Waals surface area contributed by atoms with Gasteiger partial charge in [-0.15, -0.1) is 0 Å². The molecule has 0 saturated heterocycles. The molecule has 1 fully saturated rings. The van der Waals surface area contributed by atoms with Gasteiger partial charge in [0.2, 0.25) is 0 Å². The van der Waals surface area contributed by atoms with Crippen LogP contribution in [0.25, 0.3) is 0 Å². The third-order valence-corrected chi connectivity index (χ3v) is 5.42. The molecule has 1 aromatic carbocycles. The smallest absolute Gasteiger partial charge is 0.308 e. The number of ether oxygens (including phenoxy) is 1. The van der Waals surface area contributed by atoms with Crippen LogP contribution in [0.5, 0.6) is 5.75 Å². The Morgan fingerprint density at radius 2 is 2.22 bits per heavy atom. The number of carbonyl (C=O) groups excluding carboxylic acids is 1. The number of benzene rings is 1. The van der Waals surface area contributed by atoms with Crippen LogP contribution in [0, 0.1) is 23.2 Å². The molecule has 0 unspecified atom stereocenters. The summed E-state index contributed by atoms with van der Waals surface area (Å²) in [4.78, 5) is 11.1. The minimum absolute atomic E-state index is 0.274. The van der Waals surface area contributed by atoms with E-state index >= 15 is 0 Å². The van der Waals surface area contributed by atoms with Gasteiger partial charge in [-0.3, -0.25) is 4.79 Å². The fraction of sp³-hybridized carbons (Fsp3) is 0.500. The van der Waals surface area contributed by atoms with Crippen LogP contribution in [0.15, 0.2) is 30.4 Å². The summed E-state index contributed by atoms with van der Waals surface area (Å²) >= 11 is 0. The van der Waals surface area contributed by atoms with E-state index < -0.39 is 0 Å². The van der Waals surface area contributed by atoms with Crippen molar-refractivity contribution in [1.82, 2.24) is 0 Å². The van der Waals surface area contributed by atoms with Crippen molar-refractivity contribution in [3.63, 3.8) is 0 Å². The molecule has 3 heteroatoms. The van der Waals surface area contributed by atoms with Crippen LogP contribution in [0.3, 0.4) is 0 Å². The van der Waals surface area contributed by atoms with Gasteiger partial charge < -0.3 is 4.74 Å². The number of esters is 1. The molecule has 0 heterocycles. The van der Waals surface area contributed by atoms with Crippen LogP contribution in [0.2, 0.25) is 0 Å². The number of carbonyl (C=O) groups is 1. The summed E-state index contributed by atoms with van der Waals surface area (Å²) < 4.78 is 5.22. The van der Waals surface area contributed by atoms with Crippen molar-refractivity contribution >= 4 is 5.97 Å². The van der Waals surface area contributed by atoms with Crippen molar-refractivity contribution in [3.05, 3.63) is 41.5 Å². The highest BCUT2D eigenvalue weighted by atomic mass is 16.5. The Hall–Kier alpha value is -2.08. The summed E-state index contributed by atoms with van der Waals surface area (Å²) in [6.07, 6.45) is 5.91. The number of hydrogen-bond acceptors (Lipinski definition) is 3. The molecule has 120 valence electrons. The van der Waals surface area contributed by atoms with Crippen LogP contribution in [0.4, 0.5) is 0 Å². The molecule has 1 saturated carbocycles. The molecule has 2 aliphatic rings. The highest BCUT2D eigenvalue weighted by Gasteiger charge is 2.38. The van der Waals surface area contributed by atoms with E-state index in [-0.39, 0.29) is 5.97 Å². The Balaban J connectivity index is 1.85. The van der Waals surface area contributed by atoms with E-state index in [9.17, 15) is 4.79 Å².